The standard InChI is InChI=1S/C34H53NO2/c1-12-34(17-15-29(4,5)20-23(34)2)18-16-30(6,7)33(11)14-13-26-31(8,9)28(37)25(22-35)21-32(26,10)27(33)19-24(3)36/h12,21,23,26-27H,1,13-20H2,2-11H3/t23?,26?,27?,32-,33+,34+/m0/s1. The Morgan fingerprint density at radius 3 is 2.30 bits per heavy atom. The molecule has 3 aliphatic rings. The Labute approximate surface area is 227 Å². The quantitative estimate of drug-likeness (QED) is 0.323. The van der Waals surface area contributed by atoms with Gasteiger partial charge >= 0.3 is 0 Å². The van der Waals surface area contributed by atoms with Crippen LogP contribution < -0.4 is 0 Å². The highest BCUT2D eigenvalue weighted by molar-refractivity contribution is 6.04. The summed E-state index contributed by atoms with van der Waals surface area (Å²) >= 11 is 0. The van der Waals surface area contributed by atoms with Crippen molar-refractivity contribution in [2.75, 3.05) is 0 Å². The Kier molecular flexibility index (Phi) is 7.67. The highest BCUT2D eigenvalue weighted by Crippen LogP contribution is 2.68. The van der Waals surface area contributed by atoms with E-state index in [2.05, 4.69) is 67.2 Å². The van der Waals surface area contributed by atoms with E-state index in [1.54, 1.807) is 6.92 Å². The molecule has 0 amide bonds. The maximum absolute atomic E-state index is 13.2. The van der Waals surface area contributed by atoms with Gasteiger partial charge in [0.1, 0.15) is 11.9 Å². The van der Waals surface area contributed by atoms with Crippen molar-refractivity contribution in [1.29, 1.82) is 5.26 Å². The predicted octanol–water partition coefficient (Wildman–Crippen LogP) is 8.89. The molecular weight excluding hydrogens is 454 g/mol. The van der Waals surface area contributed by atoms with Crippen molar-refractivity contribution < 1.29 is 9.59 Å². The number of ketones is 2. The second-order valence-corrected chi connectivity index (χ2v) is 15.6. The van der Waals surface area contributed by atoms with Crippen molar-refractivity contribution in [3.8, 4) is 6.07 Å². The number of hydrogen-bond acceptors (Lipinski definition) is 3. The number of Topliss-reactive ketones (excluding diaryl/α,β-unsaturated/α-hetero) is 2. The zero-order chi connectivity index (χ0) is 28.2. The number of nitriles is 1. The molecule has 0 radical (unpaired) electrons. The molecule has 0 saturated heterocycles. The molecule has 0 aromatic heterocycles. The lowest BCUT2D eigenvalue weighted by atomic mass is 9.39. The number of carbonyl (C=O) groups excluding carboxylic acids is 2. The van der Waals surface area contributed by atoms with Crippen LogP contribution in [0.25, 0.3) is 0 Å². The van der Waals surface area contributed by atoms with E-state index >= 15 is 0 Å². The van der Waals surface area contributed by atoms with Crippen LogP contribution in [0.1, 0.15) is 121 Å². The van der Waals surface area contributed by atoms with Gasteiger partial charge in [-0.2, -0.15) is 5.26 Å². The summed E-state index contributed by atoms with van der Waals surface area (Å²) in [7, 11) is 0. The van der Waals surface area contributed by atoms with Gasteiger partial charge in [-0.15, -0.1) is 6.58 Å². The van der Waals surface area contributed by atoms with Gasteiger partial charge < -0.3 is 4.79 Å². The molecule has 3 aliphatic carbocycles. The maximum atomic E-state index is 13.2. The summed E-state index contributed by atoms with van der Waals surface area (Å²) in [5.74, 6) is 0.956. The minimum absolute atomic E-state index is 0.0178. The fourth-order valence-electron chi connectivity index (χ4n) is 9.27. The molecule has 0 N–H and O–H groups in total. The zero-order valence-electron chi connectivity index (χ0n) is 25.5. The lowest BCUT2D eigenvalue weighted by Crippen LogP contribution is -2.60. The van der Waals surface area contributed by atoms with Crippen molar-refractivity contribution in [3.05, 3.63) is 24.3 Å². The van der Waals surface area contributed by atoms with Gasteiger partial charge in [-0.1, -0.05) is 74.5 Å². The van der Waals surface area contributed by atoms with Crippen molar-refractivity contribution in [1.82, 2.24) is 0 Å². The molecule has 206 valence electrons. The summed E-state index contributed by atoms with van der Waals surface area (Å²) in [6, 6.07) is 2.22. The Balaban J connectivity index is 2.02. The SMILES string of the molecule is C=C[C@]1(CCC(C)(C)[C@]2(C)CCC3C(C)(C)C(=O)C(C#N)=C[C@]3(C)C2CC(C)=O)CCC(C)(C)CC1C. The maximum Gasteiger partial charge on any atom is 0.178 e. The van der Waals surface area contributed by atoms with Gasteiger partial charge in [0.2, 0.25) is 0 Å². The van der Waals surface area contributed by atoms with Gasteiger partial charge in [-0.05, 0) is 96.7 Å². The summed E-state index contributed by atoms with van der Waals surface area (Å²) < 4.78 is 0. The first-order chi connectivity index (χ1) is 16.8. The predicted molar refractivity (Wildman–Crippen MR) is 153 cm³/mol. The molecule has 3 rings (SSSR count). The van der Waals surface area contributed by atoms with Gasteiger partial charge in [0.05, 0.1) is 5.57 Å². The smallest absolute Gasteiger partial charge is 0.178 e. The minimum atomic E-state index is -0.605. The molecule has 3 unspecified atom stereocenters. The van der Waals surface area contributed by atoms with Crippen LogP contribution in [0, 0.1) is 61.6 Å². The Bertz CT molecular complexity index is 1020. The second kappa shape index (κ2) is 9.50. The van der Waals surface area contributed by atoms with Gasteiger partial charge in [0.25, 0.3) is 0 Å². The lowest BCUT2D eigenvalue weighted by Gasteiger charge is -2.64. The van der Waals surface area contributed by atoms with E-state index in [1.165, 1.54) is 19.3 Å². The second-order valence-electron chi connectivity index (χ2n) is 15.6. The van der Waals surface area contributed by atoms with Crippen LogP contribution in [0.15, 0.2) is 24.3 Å². The number of fused-ring (bicyclic) bond motifs is 1. The number of rotatable bonds is 7. The van der Waals surface area contributed by atoms with Crippen LogP contribution in [0.2, 0.25) is 0 Å². The van der Waals surface area contributed by atoms with Gasteiger partial charge in [0, 0.05) is 11.8 Å². The van der Waals surface area contributed by atoms with E-state index in [9.17, 15) is 14.9 Å². The third-order valence-electron chi connectivity index (χ3n) is 12.3. The molecule has 2 fully saturated rings. The summed E-state index contributed by atoms with van der Waals surface area (Å²) in [6.45, 7) is 26.7. The largest absolute Gasteiger partial charge is 0.300 e. The average Bonchev–Trinajstić information content (AvgIpc) is 2.78. The number of hydrogen-bond donors (Lipinski definition) is 0. The Hall–Kier alpha value is -1.69. The van der Waals surface area contributed by atoms with Crippen LogP contribution in [0.4, 0.5) is 0 Å². The first kappa shape index (κ1) is 29.9. The average molecular weight is 508 g/mol. The minimum Gasteiger partial charge on any atom is -0.300 e. The molecule has 3 nitrogen and oxygen atoms in total. The van der Waals surface area contributed by atoms with Gasteiger partial charge in [0.15, 0.2) is 5.78 Å². The molecule has 0 aromatic carbocycles. The van der Waals surface area contributed by atoms with Crippen molar-refractivity contribution in [2.45, 2.75) is 121 Å². The normalized spacial score (nSPS) is 39.2. The van der Waals surface area contributed by atoms with Crippen molar-refractivity contribution in [2.24, 2.45) is 50.2 Å². The van der Waals surface area contributed by atoms with E-state index in [-0.39, 0.29) is 50.6 Å². The van der Waals surface area contributed by atoms with E-state index in [0.717, 1.165) is 25.7 Å². The highest BCUT2D eigenvalue weighted by atomic mass is 16.1. The molecule has 37 heavy (non-hydrogen) atoms. The lowest BCUT2D eigenvalue weighted by molar-refractivity contribution is -0.156. The van der Waals surface area contributed by atoms with Crippen LogP contribution in [0.3, 0.4) is 0 Å². The third-order valence-corrected chi connectivity index (χ3v) is 12.3. The molecule has 0 bridgehead atoms. The first-order valence-corrected chi connectivity index (χ1v) is 14.6. The molecule has 0 aliphatic heterocycles. The summed E-state index contributed by atoms with van der Waals surface area (Å²) in [4.78, 5) is 26.0. The summed E-state index contributed by atoms with van der Waals surface area (Å²) in [5, 5.41) is 9.89. The molecule has 0 spiro atoms. The molecule has 0 aromatic rings. The van der Waals surface area contributed by atoms with E-state index < -0.39 is 5.41 Å². The van der Waals surface area contributed by atoms with Crippen LogP contribution >= 0.6 is 0 Å². The fraction of sp³-hybridized carbons (Fsp3) is 0.794. The fourth-order valence-corrected chi connectivity index (χ4v) is 9.27. The van der Waals surface area contributed by atoms with Gasteiger partial charge in [-0.25, -0.2) is 0 Å². The summed E-state index contributed by atoms with van der Waals surface area (Å²) in [6.07, 6.45) is 12.5. The van der Waals surface area contributed by atoms with Crippen LogP contribution in [0.5, 0.6) is 0 Å². The summed E-state index contributed by atoms with van der Waals surface area (Å²) in [5.41, 5.74) is -0.268. The topological polar surface area (TPSA) is 57.9 Å². The molecule has 3 heteroatoms. The van der Waals surface area contributed by atoms with Gasteiger partial charge in [-0.3, -0.25) is 4.79 Å². The molecular formula is C34H53NO2. The monoisotopic (exact) mass is 507 g/mol. The van der Waals surface area contributed by atoms with E-state index in [4.69, 9.17) is 0 Å². The highest BCUT2D eigenvalue weighted by Gasteiger charge is 2.63. The zero-order valence-corrected chi connectivity index (χ0v) is 25.5. The number of allylic oxidation sites excluding steroid dienone is 3. The first-order valence-electron chi connectivity index (χ1n) is 14.6. The van der Waals surface area contributed by atoms with Crippen molar-refractivity contribution in [3.63, 3.8) is 0 Å². The van der Waals surface area contributed by atoms with E-state index in [1.807, 2.05) is 19.9 Å². The third kappa shape index (κ3) is 4.81. The Morgan fingerprint density at radius 2 is 1.78 bits per heavy atom. The molecule has 6 atom stereocenters. The molecule has 0 heterocycles. The van der Waals surface area contributed by atoms with Crippen LogP contribution in [-0.2, 0) is 9.59 Å². The van der Waals surface area contributed by atoms with Crippen molar-refractivity contribution >= 4 is 11.6 Å². The van der Waals surface area contributed by atoms with Crippen LogP contribution in [-0.4, -0.2) is 11.6 Å². The number of nitrogens with zero attached hydrogens (tertiary/aromatic N) is 1. The van der Waals surface area contributed by atoms with E-state index in [0.29, 0.717) is 17.8 Å². The number of carbonyl (C=O) groups is 2. The molecule has 2 saturated carbocycles. The Morgan fingerprint density at radius 1 is 1.16 bits per heavy atom.